The zero-order valence-electron chi connectivity index (χ0n) is 31.7. The number of aliphatic imine (C=N–C) groups is 1. The van der Waals surface area contributed by atoms with E-state index in [1.165, 1.54) is 30.2 Å². The molecule has 59 heavy (non-hydrogen) atoms. The van der Waals surface area contributed by atoms with Gasteiger partial charge in [0.05, 0.1) is 31.3 Å². The van der Waals surface area contributed by atoms with Crippen molar-refractivity contribution in [2.45, 2.75) is 53.7 Å². The number of halogens is 7. The number of aryl methyl sites for hydroxylation is 2. The lowest BCUT2D eigenvalue weighted by atomic mass is 10.1. The third-order valence-electron chi connectivity index (χ3n) is 6.78. The molecule has 0 radical (unpaired) electrons. The Morgan fingerprint density at radius 2 is 1.24 bits per heavy atom. The van der Waals surface area contributed by atoms with Crippen LogP contribution in [-0.4, -0.2) is 44.8 Å². The highest BCUT2D eigenvalue weighted by Gasteiger charge is 2.12. The molecule has 0 saturated heterocycles. The molecule has 2 N–H and O–H groups in total. The second-order valence-corrected chi connectivity index (χ2v) is 20.5. The topological polar surface area (TPSA) is 95.7 Å². The Balaban J connectivity index is 0. The first-order chi connectivity index (χ1) is 27.8. The Hall–Kier alpha value is -0.760. The molecular weight excluding hydrogens is 1250 g/mol. The molecular formula is C37H34Br3F3IN3O3S9. The van der Waals surface area contributed by atoms with Crippen LogP contribution in [0.3, 0.4) is 0 Å². The summed E-state index contributed by atoms with van der Waals surface area (Å²) in [4.78, 5) is 22.9. The summed E-state index contributed by atoms with van der Waals surface area (Å²) in [6, 6.07) is 10.4. The van der Waals surface area contributed by atoms with E-state index in [-0.39, 0.29) is 36.2 Å². The highest BCUT2D eigenvalue weighted by atomic mass is 127. The summed E-state index contributed by atoms with van der Waals surface area (Å²) in [7, 11) is 3.26. The van der Waals surface area contributed by atoms with Crippen LogP contribution in [0.5, 0.6) is 0 Å². The SMILES string of the molecule is CC#CCO.CC(C)(C)N=Cc1c(I)ccc(Br)c1F.Cc1c(C=O)ncc2c(F)c(Br)ccc12.Cc1c(CO)ncc2c(F)c(Br)ccc12.S=S.S=S=S.S=S=S=S. The van der Waals surface area contributed by atoms with Gasteiger partial charge in [-0.25, -0.2) is 13.2 Å². The minimum atomic E-state index is -0.347. The van der Waals surface area contributed by atoms with E-state index in [2.05, 4.69) is 164 Å². The number of aliphatic hydroxyl groups excluding tert-OH is 2. The van der Waals surface area contributed by atoms with Gasteiger partial charge >= 0.3 is 0 Å². The molecule has 0 aliphatic heterocycles. The van der Waals surface area contributed by atoms with E-state index in [0.717, 1.165) is 23.4 Å². The van der Waals surface area contributed by atoms with Gasteiger partial charge < -0.3 is 10.2 Å². The first-order valence-corrected chi connectivity index (χ1v) is 27.2. The number of rotatable bonds is 3. The fraction of sp³-hybridized carbons (Fsp3) is 0.243. The van der Waals surface area contributed by atoms with Crippen molar-refractivity contribution >= 4 is 198 Å². The van der Waals surface area contributed by atoms with E-state index in [9.17, 15) is 18.0 Å². The van der Waals surface area contributed by atoms with Gasteiger partial charge in [-0.3, -0.25) is 19.8 Å². The smallest absolute Gasteiger partial charge is 0.168 e. The molecule has 3 aromatic carbocycles. The Kier molecular flexibility index (Phi) is 34.5. The molecule has 0 atom stereocenters. The average molecular weight is 1280 g/mol. The summed E-state index contributed by atoms with van der Waals surface area (Å²) in [6.07, 6.45) is 5.11. The fourth-order valence-corrected chi connectivity index (χ4v) is 5.67. The lowest BCUT2D eigenvalue weighted by molar-refractivity contribution is 0.111. The molecule has 2 aromatic heterocycles. The normalized spacial score (nSPS) is 9.68. The van der Waals surface area contributed by atoms with Crippen LogP contribution in [0, 0.1) is 46.7 Å². The standard InChI is InChI=1S/C11H12BrFIN.C11H9BrFNO.C11H7BrFNO.C4H6O.S4.S3.S2/c1-11(2,3)15-6-7-9(14)5-4-8(12)10(7)13;2*1-6-7-2-3-9(12)11(13)8(7)4-14-10(6)5-15;1-2-3-4-5;1-3-4-2;1-3-2;1-2/h4-6H,1-3H3;2-4,15H,5H2,1H3;2-5H,1H3;5H,4H2,1H3;;;. The Morgan fingerprint density at radius 1 is 0.797 bits per heavy atom. The Labute approximate surface area is 419 Å². The zero-order valence-corrected chi connectivity index (χ0v) is 45.9. The molecule has 0 fully saturated rings. The number of carbonyl (C=O) groups excluding carboxylic acids is 1. The number of fused-ring (bicyclic) bond motifs is 2. The maximum atomic E-state index is 13.7. The van der Waals surface area contributed by atoms with Crippen molar-refractivity contribution in [2.75, 3.05) is 6.61 Å². The van der Waals surface area contributed by atoms with E-state index in [1.807, 2.05) is 39.8 Å². The van der Waals surface area contributed by atoms with Gasteiger partial charge in [-0.1, -0.05) is 18.1 Å². The summed E-state index contributed by atoms with van der Waals surface area (Å²) < 4.78 is 43.2. The van der Waals surface area contributed by atoms with Gasteiger partial charge in [-0.05, 0) is 158 Å². The lowest BCUT2D eigenvalue weighted by Gasteiger charge is -2.11. The van der Waals surface area contributed by atoms with Crippen LogP contribution in [0.2, 0.25) is 0 Å². The Bertz CT molecular complexity index is 2390. The quantitative estimate of drug-likeness (QED) is 0.0595. The summed E-state index contributed by atoms with van der Waals surface area (Å²) in [5.74, 6) is 4.02. The van der Waals surface area contributed by atoms with Crippen LogP contribution in [0.1, 0.15) is 60.6 Å². The number of hydrogen-bond donors (Lipinski definition) is 2. The molecule has 22 heteroatoms. The molecule has 0 unspecified atom stereocenters. The lowest BCUT2D eigenvalue weighted by Crippen LogP contribution is -2.10. The molecule has 0 aliphatic rings. The monoisotopic (exact) mass is 1280 g/mol. The molecule has 0 spiro atoms. The molecule has 318 valence electrons. The van der Waals surface area contributed by atoms with Crippen LogP contribution in [0.4, 0.5) is 13.2 Å². The second-order valence-electron chi connectivity index (χ2n) is 11.5. The number of aldehydes is 1. The minimum Gasteiger partial charge on any atom is -0.390 e. The molecule has 0 aliphatic carbocycles. The highest BCUT2D eigenvalue weighted by Crippen LogP contribution is 2.29. The van der Waals surface area contributed by atoms with Crippen molar-refractivity contribution in [3.63, 3.8) is 0 Å². The number of carbonyl (C=O) groups is 1. The van der Waals surface area contributed by atoms with Crippen molar-refractivity contribution in [1.29, 1.82) is 0 Å². The summed E-state index contributed by atoms with van der Waals surface area (Å²) >= 11 is 35.7. The van der Waals surface area contributed by atoms with Crippen LogP contribution in [0.15, 0.2) is 67.2 Å². The summed E-state index contributed by atoms with van der Waals surface area (Å²) in [5, 5.41) is 19.3. The third-order valence-corrected chi connectivity index (χ3v) is 11.8. The number of pyridine rings is 2. The molecule has 5 rings (SSSR count). The van der Waals surface area contributed by atoms with E-state index in [4.69, 9.17) is 10.2 Å². The number of nitrogens with zero attached hydrogens (tertiary/aromatic N) is 3. The molecule has 2 heterocycles. The first kappa shape index (κ1) is 60.3. The summed E-state index contributed by atoms with van der Waals surface area (Å²) in [5.41, 5.74) is 2.82. The largest absolute Gasteiger partial charge is 0.390 e. The van der Waals surface area contributed by atoms with Crippen LogP contribution < -0.4 is 0 Å². The number of aromatic nitrogens is 2. The van der Waals surface area contributed by atoms with Gasteiger partial charge in [-0.2, -0.15) is 0 Å². The van der Waals surface area contributed by atoms with Crippen LogP contribution in [0.25, 0.3) is 21.5 Å². The van der Waals surface area contributed by atoms with Gasteiger partial charge in [0.25, 0.3) is 0 Å². The van der Waals surface area contributed by atoms with Crippen molar-refractivity contribution in [2.24, 2.45) is 4.99 Å². The molecule has 0 amide bonds. The van der Waals surface area contributed by atoms with E-state index >= 15 is 0 Å². The van der Waals surface area contributed by atoms with Crippen molar-refractivity contribution in [1.82, 2.24) is 9.97 Å². The van der Waals surface area contributed by atoms with Gasteiger partial charge in [0.2, 0.25) is 0 Å². The summed E-state index contributed by atoms with van der Waals surface area (Å²) in [6.45, 7) is 11.1. The molecule has 6 nitrogen and oxygen atoms in total. The van der Waals surface area contributed by atoms with Gasteiger partial charge in [0, 0.05) is 132 Å². The van der Waals surface area contributed by atoms with Gasteiger partial charge in [-0.15, -0.1) is 5.92 Å². The van der Waals surface area contributed by atoms with Crippen molar-refractivity contribution in [3.05, 3.63) is 111 Å². The second kappa shape index (κ2) is 33.8. The fourth-order valence-electron chi connectivity index (χ4n) is 4.08. The maximum Gasteiger partial charge on any atom is 0.168 e. The zero-order chi connectivity index (χ0) is 45.9. The number of hydrogen-bond acceptors (Lipinski definition) is 12. The predicted molar refractivity (Wildman–Crippen MR) is 281 cm³/mol. The van der Waals surface area contributed by atoms with E-state index in [1.54, 1.807) is 44.3 Å². The molecule has 0 bridgehead atoms. The van der Waals surface area contributed by atoms with Gasteiger partial charge in [0.1, 0.15) is 29.8 Å². The van der Waals surface area contributed by atoms with Crippen LogP contribution in [-0.2, 0) is 100 Å². The third kappa shape index (κ3) is 21.9. The maximum absolute atomic E-state index is 13.7. The van der Waals surface area contributed by atoms with Gasteiger partial charge in [0.15, 0.2) is 6.29 Å². The predicted octanol–water partition coefficient (Wildman–Crippen LogP) is 10.6. The molecule has 0 saturated carbocycles. The van der Waals surface area contributed by atoms with E-state index in [0.29, 0.717) is 58.4 Å². The Morgan fingerprint density at radius 3 is 1.63 bits per heavy atom. The van der Waals surface area contributed by atoms with Crippen molar-refractivity contribution in [3.8, 4) is 11.8 Å². The minimum absolute atomic E-state index is 0.0174. The average Bonchev–Trinajstić information content (AvgIpc) is 3.21. The molecule has 5 aromatic rings. The first-order valence-electron chi connectivity index (χ1n) is 15.7. The van der Waals surface area contributed by atoms with E-state index < -0.39 is 0 Å². The van der Waals surface area contributed by atoms with Crippen LogP contribution >= 0.6 is 70.4 Å². The van der Waals surface area contributed by atoms with Crippen molar-refractivity contribution < 1.29 is 28.2 Å². The highest BCUT2D eigenvalue weighted by molar-refractivity contribution is 14.1. The number of aliphatic hydroxyl groups is 2. The number of benzene rings is 3.